The molecule has 0 amide bonds. The Morgan fingerprint density at radius 1 is 0.971 bits per heavy atom. The van der Waals surface area contributed by atoms with Crippen LogP contribution in [0, 0.1) is 34.6 Å². The molecular weight excluding hydrogens is 432 g/mol. The Labute approximate surface area is 213 Å². The highest BCUT2D eigenvalue weighted by atomic mass is 16.5. The molecule has 1 aliphatic heterocycles. The third-order valence-electron chi connectivity index (χ3n) is 6.72. The predicted octanol–water partition coefficient (Wildman–Crippen LogP) is 7.54. The van der Waals surface area contributed by atoms with Crippen molar-refractivity contribution in [1.82, 2.24) is 0 Å². The van der Waals surface area contributed by atoms with Crippen LogP contribution < -0.4 is 14.5 Å². The van der Waals surface area contributed by atoms with Gasteiger partial charge in [0.1, 0.15) is 12.4 Å². The Balaban J connectivity index is 0.000000247. The average Bonchev–Trinajstić information content (AvgIpc) is 2.80. The summed E-state index contributed by atoms with van der Waals surface area (Å²) in [6, 6.07) is 9.09. The molecule has 0 bridgehead atoms. The van der Waals surface area contributed by atoms with Crippen molar-refractivity contribution in [2.75, 3.05) is 23.0 Å². The largest absolute Gasteiger partial charge is 0.489 e. The van der Waals surface area contributed by atoms with Crippen LogP contribution in [0.1, 0.15) is 69.4 Å². The zero-order chi connectivity index (χ0) is 26.4. The van der Waals surface area contributed by atoms with Crippen LogP contribution in [0.15, 0.2) is 47.8 Å². The average molecular weight is 479 g/mol. The van der Waals surface area contributed by atoms with Gasteiger partial charge in [-0.3, -0.25) is 0 Å². The molecule has 1 N–H and O–H groups in total. The molecule has 3 rings (SSSR count). The van der Waals surface area contributed by atoms with Crippen LogP contribution in [0.25, 0.3) is 0 Å². The van der Waals surface area contributed by atoms with Crippen LogP contribution in [0.3, 0.4) is 0 Å². The van der Waals surface area contributed by atoms with Crippen molar-refractivity contribution < 1.29 is 9.84 Å². The zero-order valence-electron chi connectivity index (χ0n) is 23.8. The number of benzene rings is 2. The lowest BCUT2D eigenvalue weighted by Crippen LogP contribution is -2.37. The minimum Gasteiger partial charge on any atom is -0.489 e. The topological polar surface area (TPSA) is 35.9 Å². The number of anilines is 2. The first kappa shape index (κ1) is 28.5. The minimum absolute atomic E-state index is 0.0840. The molecule has 1 aliphatic rings. The quantitative estimate of drug-likeness (QED) is 0.481. The maximum Gasteiger partial charge on any atom is 0.146 e. The van der Waals surface area contributed by atoms with E-state index in [0.717, 1.165) is 12.4 Å². The van der Waals surface area contributed by atoms with Gasteiger partial charge in [0.2, 0.25) is 0 Å². The summed E-state index contributed by atoms with van der Waals surface area (Å²) < 4.78 is 5.89. The fourth-order valence-corrected chi connectivity index (χ4v) is 4.18. The third kappa shape index (κ3) is 6.91. The summed E-state index contributed by atoms with van der Waals surface area (Å²) in [7, 11) is 0. The second-order valence-electron chi connectivity index (χ2n) is 10.4. The molecule has 4 heteroatoms. The Kier molecular flexibility index (Phi) is 10.0. The number of aryl methyl sites for hydroxylation is 2. The molecule has 192 valence electrons. The van der Waals surface area contributed by atoms with E-state index in [2.05, 4.69) is 116 Å². The van der Waals surface area contributed by atoms with Crippen molar-refractivity contribution in [3.63, 3.8) is 0 Å². The lowest BCUT2D eigenvalue weighted by Gasteiger charge is -2.35. The number of ether oxygens (including phenoxy) is 1. The highest BCUT2D eigenvalue weighted by Gasteiger charge is 2.24. The van der Waals surface area contributed by atoms with E-state index in [0.29, 0.717) is 6.04 Å². The first-order valence-corrected chi connectivity index (χ1v) is 12.7. The molecule has 0 aliphatic carbocycles. The van der Waals surface area contributed by atoms with E-state index in [-0.39, 0.29) is 12.6 Å². The highest BCUT2D eigenvalue weighted by molar-refractivity contribution is 5.67. The van der Waals surface area contributed by atoms with Gasteiger partial charge in [0.15, 0.2) is 0 Å². The monoisotopic (exact) mass is 478 g/mol. The van der Waals surface area contributed by atoms with Crippen molar-refractivity contribution in [1.29, 1.82) is 0 Å². The second kappa shape index (κ2) is 12.3. The molecule has 1 heterocycles. The molecule has 0 radical (unpaired) electrons. The van der Waals surface area contributed by atoms with Gasteiger partial charge >= 0.3 is 0 Å². The van der Waals surface area contributed by atoms with Crippen molar-refractivity contribution in [3.05, 3.63) is 75.6 Å². The Morgan fingerprint density at radius 2 is 1.57 bits per heavy atom. The summed E-state index contributed by atoms with van der Waals surface area (Å²) in [4.78, 5) is 4.48. The van der Waals surface area contributed by atoms with Gasteiger partial charge in [0.25, 0.3) is 0 Å². The molecule has 35 heavy (non-hydrogen) atoms. The summed E-state index contributed by atoms with van der Waals surface area (Å²) in [6.45, 7) is 24.2. The smallest absolute Gasteiger partial charge is 0.146 e. The maximum absolute atomic E-state index is 9.42. The molecule has 2 atom stereocenters. The highest BCUT2D eigenvalue weighted by Crippen LogP contribution is 2.38. The molecule has 0 saturated carbocycles. The number of aliphatic hydroxyl groups excluding tert-OH is 1. The summed E-state index contributed by atoms with van der Waals surface area (Å²) >= 11 is 0. The van der Waals surface area contributed by atoms with Crippen molar-refractivity contribution in [2.24, 2.45) is 0 Å². The zero-order valence-corrected chi connectivity index (χ0v) is 23.8. The van der Waals surface area contributed by atoms with Crippen LogP contribution in [0.5, 0.6) is 5.75 Å². The Morgan fingerprint density at radius 3 is 2.14 bits per heavy atom. The lowest BCUT2D eigenvalue weighted by atomic mass is 10.0. The molecule has 2 aromatic carbocycles. The van der Waals surface area contributed by atoms with E-state index in [1.807, 2.05) is 6.92 Å². The van der Waals surface area contributed by atoms with Crippen LogP contribution in [-0.4, -0.2) is 30.4 Å². The van der Waals surface area contributed by atoms with Gasteiger partial charge in [-0.2, -0.15) is 0 Å². The molecule has 0 spiro atoms. The first-order chi connectivity index (χ1) is 16.4. The summed E-state index contributed by atoms with van der Waals surface area (Å²) in [5, 5.41) is 9.42. The van der Waals surface area contributed by atoms with E-state index < -0.39 is 0 Å². The van der Waals surface area contributed by atoms with Gasteiger partial charge in [-0.1, -0.05) is 23.3 Å². The van der Waals surface area contributed by atoms with Crippen molar-refractivity contribution in [3.8, 4) is 5.75 Å². The molecule has 2 aromatic rings. The third-order valence-corrected chi connectivity index (χ3v) is 6.72. The standard InChI is InChI=1S/C16H25NO.C15H21NO/c1-11(2)9-17(13(4)10-18)16-8-7-12(3)14(5)15(16)6;1-10(2)8-16-12(4)9-17-15-13(5)11(3)6-7-14(15)16/h7-9,13,18H,10H2,1-6H3;6-8,12H,9H2,1-5H3/t13-;12-/m00/s1. The van der Waals surface area contributed by atoms with E-state index in [9.17, 15) is 5.11 Å². The van der Waals surface area contributed by atoms with Crippen molar-refractivity contribution in [2.45, 2.75) is 88.2 Å². The number of rotatable bonds is 5. The van der Waals surface area contributed by atoms with Crippen LogP contribution in [0.4, 0.5) is 11.4 Å². The normalized spacial score (nSPS) is 15.2. The van der Waals surface area contributed by atoms with Gasteiger partial charge in [0, 0.05) is 18.1 Å². The van der Waals surface area contributed by atoms with Gasteiger partial charge in [-0.25, -0.2) is 0 Å². The second-order valence-corrected chi connectivity index (χ2v) is 10.4. The number of aliphatic hydroxyl groups is 1. The molecular formula is C31H46N2O2. The van der Waals surface area contributed by atoms with E-state index in [1.54, 1.807) is 0 Å². The number of hydrogen-bond acceptors (Lipinski definition) is 4. The van der Waals surface area contributed by atoms with Gasteiger partial charge < -0.3 is 19.6 Å². The van der Waals surface area contributed by atoms with Gasteiger partial charge in [0.05, 0.1) is 24.4 Å². The fraction of sp³-hybridized carbons (Fsp3) is 0.484. The molecule has 4 nitrogen and oxygen atoms in total. The van der Waals surface area contributed by atoms with Crippen LogP contribution >= 0.6 is 0 Å². The lowest BCUT2D eigenvalue weighted by molar-refractivity contribution is 0.272. The van der Waals surface area contributed by atoms with E-state index in [4.69, 9.17) is 4.74 Å². The molecule has 0 saturated heterocycles. The molecule has 0 fully saturated rings. The number of allylic oxidation sites excluding steroid dienone is 2. The summed E-state index contributed by atoms with van der Waals surface area (Å²) in [6.07, 6.45) is 4.32. The van der Waals surface area contributed by atoms with E-state index >= 15 is 0 Å². The van der Waals surface area contributed by atoms with Crippen molar-refractivity contribution >= 4 is 11.4 Å². The fourth-order valence-electron chi connectivity index (χ4n) is 4.18. The number of nitrogens with zero attached hydrogens (tertiary/aromatic N) is 2. The Hall–Kier alpha value is -2.72. The van der Waals surface area contributed by atoms with Crippen LogP contribution in [0.2, 0.25) is 0 Å². The maximum atomic E-state index is 9.42. The predicted molar refractivity (Wildman–Crippen MR) is 152 cm³/mol. The number of fused-ring (bicyclic) bond motifs is 1. The molecule has 0 unspecified atom stereocenters. The van der Waals surface area contributed by atoms with Gasteiger partial charge in [-0.15, -0.1) is 0 Å². The molecule has 0 aromatic heterocycles. The van der Waals surface area contributed by atoms with Crippen LogP contribution in [-0.2, 0) is 0 Å². The minimum atomic E-state index is 0.0840. The Bertz CT molecular complexity index is 1080. The van der Waals surface area contributed by atoms with E-state index in [1.165, 1.54) is 50.3 Å². The first-order valence-electron chi connectivity index (χ1n) is 12.7. The SMILES string of the molecule is CC(C)=CN(c1ccc(C)c(C)c1C)[C@@H](C)CO.CC(C)=CN1c2ccc(C)c(C)c2OC[C@@H]1C. The summed E-state index contributed by atoms with van der Waals surface area (Å²) in [5.74, 6) is 1.04. The summed E-state index contributed by atoms with van der Waals surface area (Å²) in [5.41, 5.74) is 11.4. The van der Waals surface area contributed by atoms with Gasteiger partial charge in [-0.05, 0) is 116 Å². The number of hydrogen-bond donors (Lipinski definition) is 1.